The Labute approximate surface area is 159 Å². The van der Waals surface area contributed by atoms with E-state index in [-0.39, 0.29) is 5.57 Å². The molecule has 0 aromatic heterocycles. The summed E-state index contributed by atoms with van der Waals surface area (Å²) in [5.74, 6) is -0.402. The third-order valence-corrected chi connectivity index (χ3v) is 6.76. The van der Waals surface area contributed by atoms with Crippen LogP contribution in [0.4, 0.5) is 0 Å². The molecule has 7 nitrogen and oxygen atoms in total. The minimum atomic E-state index is -3.69. The summed E-state index contributed by atoms with van der Waals surface area (Å²) in [5.41, 5.74) is -0.202. The first-order valence-corrected chi connectivity index (χ1v) is 11.9. The van der Waals surface area contributed by atoms with Crippen molar-refractivity contribution in [3.63, 3.8) is 0 Å². The van der Waals surface area contributed by atoms with Crippen LogP contribution in [0.15, 0.2) is 31.0 Å². The van der Waals surface area contributed by atoms with Crippen LogP contribution in [0.5, 0.6) is 0 Å². The molecule has 0 radical (unpaired) electrons. The Balaban J connectivity index is 2.36. The van der Waals surface area contributed by atoms with E-state index in [1.54, 1.807) is 6.08 Å². The molecule has 2 aliphatic heterocycles. The van der Waals surface area contributed by atoms with Crippen LogP contribution in [0.3, 0.4) is 0 Å². The molecular formula is C15H22BINO6S-. The molecule has 0 aromatic carbocycles. The second-order valence-corrected chi connectivity index (χ2v) is 10.5. The predicted octanol–water partition coefficient (Wildman–Crippen LogP) is -1.91. The summed E-state index contributed by atoms with van der Waals surface area (Å²) in [5, 5.41) is 0. The standard InChI is InChI=1S/C15H22BINO6S/c1-14(2)15(3,4)24-16(23-14)10-7-11(12(22-5)9-17-8-10)13(19)18-25(6,20)21/h7-9H,1-6H3,(H,18,19)/q-1. The monoisotopic (exact) mass is 482 g/mol. The normalized spacial score (nSPS) is 22.8. The number of hydrogen-bond acceptors (Lipinski definition) is 6. The third-order valence-electron chi connectivity index (χ3n) is 4.20. The van der Waals surface area contributed by atoms with E-state index in [0.717, 1.165) is 6.26 Å². The number of methoxy groups -OCH3 is 1. The van der Waals surface area contributed by atoms with Gasteiger partial charge in [-0.2, -0.15) is 0 Å². The van der Waals surface area contributed by atoms with E-state index in [0.29, 0.717) is 11.2 Å². The Hall–Kier alpha value is -0.845. The van der Waals surface area contributed by atoms with E-state index in [9.17, 15) is 13.2 Å². The van der Waals surface area contributed by atoms with Gasteiger partial charge >= 0.3 is 160 Å². The molecule has 0 spiro atoms. The van der Waals surface area contributed by atoms with Crippen molar-refractivity contribution in [3.05, 3.63) is 31.0 Å². The number of sulfonamides is 1. The Kier molecular flexibility index (Phi) is 5.77. The molecule has 1 amide bonds. The SMILES string of the molecule is COC1=C[I-]C=C(B2OC(C)(C)C(C)(C)O2)C=C1C(=O)NS(C)(=O)=O. The maximum atomic E-state index is 12.4. The maximum absolute atomic E-state index is 12.4. The zero-order valence-electron chi connectivity index (χ0n) is 15.0. The van der Waals surface area contributed by atoms with Crippen molar-refractivity contribution in [3.8, 4) is 0 Å². The van der Waals surface area contributed by atoms with Gasteiger partial charge in [-0.15, -0.1) is 0 Å². The predicted molar refractivity (Wildman–Crippen MR) is 90.3 cm³/mol. The number of amides is 1. The zero-order chi connectivity index (χ0) is 19.0. The molecule has 1 fully saturated rings. The van der Waals surface area contributed by atoms with Gasteiger partial charge in [0.2, 0.25) is 0 Å². The summed E-state index contributed by atoms with van der Waals surface area (Å²) in [4.78, 5) is 12.4. The van der Waals surface area contributed by atoms with Crippen molar-refractivity contribution in [2.45, 2.75) is 38.9 Å². The van der Waals surface area contributed by atoms with Gasteiger partial charge in [0.15, 0.2) is 0 Å². The average molecular weight is 482 g/mol. The second-order valence-electron chi connectivity index (χ2n) is 6.76. The van der Waals surface area contributed by atoms with Gasteiger partial charge in [0.25, 0.3) is 0 Å². The number of carbonyl (C=O) groups excluding carboxylic acids is 1. The first-order valence-electron chi connectivity index (χ1n) is 7.52. The quantitative estimate of drug-likeness (QED) is 0.372. The van der Waals surface area contributed by atoms with Crippen LogP contribution < -0.4 is 25.9 Å². The van der Waals surface area contributed by atoms with Crippen LogP contribution in [0, 0.1) is 0 Å². The second kappa shape index (κ2) is 7.05. The van der Waals surface area contributed by atoms with Gasteiger partial charge in [0, 0.05) is 0 Å². The average Bonchev–Trinajstić information content (AvgIpc) is 2.62. The summed E-state index contributed by atoms with van der Waals surface area (Å²) in [7, 11) is -2.87. The fraction of sp³-hybridized carbons (Fsp3) is 0.533. The third kappa shape index (κ3) is 4.66. The summed E-state index contributed by atoms with van der Waals surface area (Å²) >= 11 is -0.558. The molecule has 1 saturated heterocycles. The number of allylic oxidation sites excluding steroid dienone is 2. The first-order chi connectivity index (χ1) is 11.4. The molecule has 0 saturated carbocycles. The van der Waals surface area contributed by atoms with E-state index < -0.39 is 55.5 Å². The summed E-state index contributed by atoms with van der Waals surface area (Å²) in [6.07, 6.45) is 2.50. The number of nitrogens with one attached hydrogen (secondary N) is 1. The molecule has 0 bridgehead atoms. The Bertz CT molecular complexity index is 753. The molecule has 2 rings (SSSR count). The van der Waals surface area contributed by atoms with E-state index >= 15 is 0 Å². The summed E-state index contributed by atoms with van der Waals surface area (Å²) < 4.78 is 45.9. The first kappa shape index (κ1) is 20.5. The van der Waals surface area contributed by atoms with E-state index in [1.807, 2.05) is 40.6 Å². The Morgan fingerprint density at radius 1 is 1.20 bits per heavy atom. The number of rotatable bonds is 4. The Morgan fingerprint density at radius 3 is 2.24 bits per heavy atom. The number of hydrogen-bond donors (Lipinski definition) is 1. The van der Waals surface area contributed by atoms with Gasteiger partial charge in [-0.05, 0) is 0 Å². The molecule has 0 unspecified atom stereocenters. The number of carbonyl (C=O) groups is 1. The minimum absolute atomic E-state index is 0.131. The van der Waals surface area contributed by atoms with Gasteiger partial charge in [-0.25, -0.2) is 0 Å². The van der Waals surface area contributed by atoms with E-state index in [1.165, 1.54) is 7.11 Å². The van der Waals surface area contributed by atoms with Gasteiger partial charge in [-0.3, -0.25) is 0 Å². The van der Waals surface area contributed by atoms with Crippen LogP contribution in [-0.4, -0.2) is 46.0 Å². The molecule has 25 heavy (non-hydrogen) atoms. The molecule has 0 aromatic rings. The van der Waals surface area contributed by atoms with Gasteiger partial charge in [-0.1, -0.05) is 0 Å². The molecular weight excluding hydrogens is 460 g/mol. The van der Waals surface area contributed by atoms with Crippen LogP contribution in [0.2, 0.25) is 0 Å². The van der Waals surface area contributed by atoms with Crippen LogP contribution in [-0.2, 0) is 28.9 Å². The summed E-state index contributed by atoms with van der Waals surface area (Å²) in [6.45, 7) is 7.77. The topological polar surface area (TPSA) is 90.9 Å². The number of ether oxygens (including phenoxy) is 1. The molecule has 2 heterocycles. The van der Waals surface area contributed by atoms with E-state index in [2.05, 4.69) is 0 Å². The zero-order valence-corrected chi connectivity index (χ0v) is 18.0. The van der Waals surface area contributed by atoms with Crippen molar-refractivity contribution < 1.29 is 48.5 Å². The molecule has 10 heteroatoms. The molecule has 140 valence electrons. The van der Waals surface area contributed by atoms with Crippen LogP contribution in [0.25, 0.3) is 0 Å². The Morgan fingerprint density at radius 2 is 1.76 bits per heavy atom. The van der Waals surface area contributed by atoms with Gasteiger partial charge in [0.05, 0.1) is 0 Å². The summed E-state index contributed by atoms with van der Waals surface area (Å²) in [6, 6.07) is 0. The molecule has 0 aliphatic carbocycles. The van der Waals surface area contributed by atoms with Crippen molar-refractivity contribution >= 4 is 23.0 Å². The van der Waals surface area contributed by atoms with E-state index in [4.69, 9.17) is 14.0 Å². The van der Waals surface area contributed by atoms with Gasteiger partial charge < -0.3 is 0 Å². The van der Waals surface area contributed by atoms with Crippen molar-refractivity contribution in [2.24, 2.45) is 0 Å². The fourth-order valence-electron chi connectivity index (χ4n) is 2.14. The van der Waals surface area contributed by atoms with Gasteiger partial charge in [0.1, 0.15) is 0 Å². The molecule has 1 N–H and O–H groups in total. The van der Waals surface area contributed by atoms with Crippen molar-refractivity contribution in [1.29, 1.82) is 0 Å². The number of halogens is 1. The van der Waals surface area contributed by atoms with Crippen molar-refractivity contribution in [1.82, 2.24) is 4.72 Å². The molecule has 0 atom stereocenters. The van der Waals surface area contributed by atoms with Crippen LogP contribution in [0.1, 0.15) is 27.7 Å². The van der Waals surface area contributed by atoms with Crippen LogP contribution >= 0.6 is 0 Å². The molecule has 2 aliphatic rings. The van der Waals surface area contributed by atoms with Crippen molar-refractivity contribution in [2.75, 3.05) is 13.4 Å². The fourth-order valence-corrected chi connectivity index (χ4v) is 4.57.